The molecular formula is C9H7ClINO. The fourth-order valence-corrected chi connectivity index (χ4v) is 1.90. The van der Waals surface area contributed by atoms with E-state index in [1.165, 1.54) is 0 Å². The molecule has 0 fully saturated rings. The molecule has 2 nitrogen and oxygen atoms in total. The van der Waals surface area contributed by atoms with Crippen LogP contribution in [0.15, 0.2) is 12.1 Å². The molecular weight excluding hydrogens is 300 g/mol. The number of halogens is 2. The van der Waals surface area contributed by atoms with Crippen LogP contribution in [0.4, 0.5) is 0 Å². The molecule has 0 aromatic heterocycles. The van der Waals surface area contributed by atoms with Crippen LogP contribution in [-0.4, -0.2) is 7.11 Å². The molecule has 1 aromatic rings. The number of hydrogen-bond donors (Lipinski definition) is 0. The summed E-state index contributed by atoms with van der Waals surface area (Å²) < 4.78 is 6.09. The van der Waals surface area contributed by atoms with Gasteiger partial charge >= 0.3 is 0 Å². The maximum Gasteiger partial charge on any atom is 0.125 e. The van der Waals surface area contributed by atoms with Gasteiger partial charge in [-0.25, -0.2) is 0 Å². The third kappa shape index (κ3) is 2.26. The first-order chi connectivity index (χ1) is 6.22. The molecule has 0 heterocycles. The SMILES string of the molecule is COc1cc(I)cc(C#N)c1CCl. The smallest absolute Gasteiger partial charge is 0.125 e. The molecule has 4 heteroatoms. The Balaban J connectivity index is 3.36. The highest BCUT2D eigenvalue weighted by Gasteiger charge is 2.09. The van der Waals surface area contributed by atoms with Crippen LogP contribution in [0.5, 0.6) is 5.75 Å². The third-order valence-corrected chi connectivity index (χ3v) is 2.54. The molecule has 0 bridgehead atoms. The van der Waals surface area contributed by atoms with Crippen LogP contribution in [0.1, 0.15) is 11.1 Å². The Hall–Kier alpha value is -0.470. The van der Waals surface area contributed by atoms with Gasteiger partial charge in [-0.3, -0.25) is 0 Å². The summed E-state index contributed by atoms with van der Waals surface area (Å²) in [7, 11) is 1.57. The van der Waals surface area contributed by atoms with Gasteiger partial charge in [0.05, 0.1) is 24.6 Å². The largest absolute Gasteiger partial charge is 0.496 e. The number of hydrogen-bond acceptors (Lipinski definition) is 2. The summed E-state index contributed by atoms with van der Waals surface area (Å²) in [4.78, 5) is 0. The van der Waals surface area contributed by atoms with Crippen LogP contribution >= 0.6 is 34.2 Å². The van der Waals surface area contributed by atoms with E-state index in [0.717, 1.165) is 9.13 Å². The van der Waals surface area contributed by atoms with E-state index in [0.29, 0.717) is 17.2 Å². The van der Waals surface area contributed by atoms with Crippen LogP contribution in [0.3, 0.4) is 0 Å². The second kappa shape index (κ2) is 4.68. The Morgan fingerprint density at radius 3 is 2.77 bits per heavy atom. The van der Waals surface area contributed by atoms with Crippen molar-refractivity contribution in [2.45, 2.75) is 5.88 Å². The van der Waals surface area contributed by atoms with Crippen LogP contribution in [0.25, 0.3) is 0 Å². The molecule has 0 N–H and O–H groups in total. The van der Waals surface area contributed by atoms with Crippen LogP contribution < -0.4 is 4.74 Å². The van der Waals surface area contributed by atoms with Gasteiger partial charge < -0.3 is 4.74 Å². The molecule has 0 aliphatic rings. The molecule has 1 aromatic carbocycles. The first-order valence-corrected chi connectivity index (χ1v) is 5.16. The van der Waals surface area contributed by atoms with Gasteiger partial charge in [-0.2, -0.15) is 5.26 Å². The zero-order valence-electron chi connectivity index (χ0n) is 6.97. The first-order valence-electron chi connectivity index (χ1n) is 3.55. The van der Waals surface area contributed by atoms with Crippen LogP contribution in [0.2, 0.25) is 0 Å². The molecule has 0 aliphatic carbocycles. The average molecular weight is 308 g/mol. The van der Waals surface area contributed by atoms with E-state index in [1.807, 2.05) is 6.07 Å². The monoisotopic (exact) mass is 307 g/mol. The molecule has 0 radical (unpaired) electrons. The van der Waals surface area contributed by atoms with E-state index in [9.17, 15) is 0 Å². The molecule has 0 saturated carbocycles. The molecule has 0 aliphatic heterocycles. The lowest BCUT2D eigenvalue weighted by Gasteiger charge is -2.07. The van der Waals surface area contributed by atoms with Gasteiger partial charge in [-0.15, -0.1) is 11.6 Å². The molecule has 0 unspecified atom stereocenters. The lowest BCUT2D eigenvalue weighted by atomic mass is 10.1. The topological polar surface area (TPSA) is 33.0 Å². The van der Waals surface area contributed by atoms with Crippen molar-refractivity contribution in [3.63, 3.8) is 0 Å². The molecule has 0 saturated heterocycles. The number of alkyl halides is 1. The van der Waals surface area contributed by atoms with Gasteiger partial charge in [0.2, 0.25) is 0 Å². The Morgan fingerprint density at radius 2 is 2.31 bits per heavy atom. The van der Waals surface area contributed by atoms with E-state index in [-0.39, 0.29) is 0 Å². The van der Waals surface area contributed by atoms with Gasteiger partial charge in [-0.05, 0) is 34.7 Å². The average Bonchev–Trinajstić information content (AvgIpc) is 2.16. The van der Waals surface area contributed by atoms with Crippen molar-refractivity contribution in [2.24, 2.45) is 0 Å². The third-order valence-electron chi connectivity index (χ3n) is 1.65. The number of ether oxygens (including phenoxy) is 1. The van der Waals surface area contributed by atoms with Crippen molar-refractivity contribution in [1.82, 2.24) is 0 Å². The van der Waals surface area contributed by atoms with Gasteiger partial charge in [0, 0.05) is 9.13 Å². The normalized spacial score (nSPS) is 9.38. The number of rotatable bonds is 2. The Bertz CT molecular complexity index is 359. The Morgan fingerprint density at radius 1 is 1.62 bits per heavy atom. The molecule has 0 atom stereocenters. The van der Waals surface area contributed by atoms with Gasteiger partial charge in [-0.1, -0.05) is 0 Å². The number of methoxy groups -OCH3 is 1. The summed E-state index contributed by atoms with van der Waals surface area (Å²) in [6, 6.07) is 5.75. The zero-order valence-corrected chi connectivity index (χ0v) is 9.89. The zero-order chi connectivity index (χ0) is 9.84. The van der Waals surface area contributed by atoms with Crippen LogP contribution in [-0.2, 0) is 5.88 Å². The van der Waals surface area contributed by atoms with Crippen molar-refractivity contribution in [3.05, 3.63) is 26.8 Å². The summed E-state index contributed by atoms with van der Waals surface area (Å²) in [6.07, 6.45) is 0. The predicted molar refractivity (Wildman–Crippen MR) is 60.0 cm³/mol. The minimum Gasteiger partial charge on any atom is -0.496 e. The van der Waals surface area contributed by atoms with Gasteiger partial charge in [0.1, 0.15) is 5.75 Å². The maximum absolute atomic E-state index is 8.83. The highest BCUT2D eigenvalue weighted by Crippen LogP contribution is 2.26. The fourth-order valence-electron chi connectivity index (χ4n) is 1.03. The molecule has 1 rings (SSSR count). The minimum atomic E-state index is 0.295. The quantitative estimate of drug-likeness (QED) is 0.622. The summed E-state index contributed by atoms with van der Waals surface area (Å²) >= 11 is 7.85. The number of nitriles is 1. The van der Waals surface area contributed by atoms with Crippen molar-refractivity contribution < 1.29 is 4.74 Å². The minimum absolute atomic E-state index is 0.295. The van der Waals surface area contributed by atoms with E-state index < -0.39 is 0 Å². The molecule has 0 spiro atoms. The van der Waals surface area contributed by atoms with Gasteiger partial charge in [0.25, 0.3) is 0 Å². The summed E-state index contributed by atoms with van der Waals surface area (Å²) in [6.45, 7) is 0. The van der Waals surface area contributed by atoms with Crippen molar-refractivity contribution in [2.75, 3.05) is 7.11 Å². The lowest BCUT2D eigenvalue weighted by molar-refractivity contribution is 0.411. The lowest BCUT2D eigenvalue weighted by Crippen LogP contribution is -1.94. The second-order valence-electron chi connectivity index (χ2n) is 2.38. The second-order valence-corrected chi connectivity index (χ2v) is 3.89. The predicted octanol–water partition coefficient (Wildman–Crippen LogP) is 2.91. The van der Waals surface area contributed by atoms with Crippen molar-refractivity contribution >= 4 is 34.2 Å². The summed E-state index contributed by atoms with van der Waals surface area (Å²) in [5.41, 5.74) is 1.34. The fraction of sp³-hybridized carbons (Fsp3) is 0.222. The van der Waals surface area contributed by atoms with E-state index in [1.54, 1.807) is 13.2 Å². The summed E-state index contributed by atoms with van der Waals surface area (Å²) in [5.74, 6) is 0.974. The van der Waals surface area contributed by atoms with Gasteiger partial charge in [0.15, 0.2) is 0 Å². The molecule has 13 heavy (non-hydrogen) atoms. The van der Waals surface area contributed by atoms with E-state index >= 15 is 0 Å². The van der Waals surface area contributed by atoms with E-state index in [2.05, 4.69) is 28.7 Å². The molecule has 0 amide bonds. The Labute approximate surface area is 95.6 Å². The first kappa shape index (κ1) is 10.6. The molecule has 68 valence electrons. The van der Waals surface area contributed by atoms with Crippen molar-refractivity contribution in [1.29, 1.82) is 5.26 Å². The van der Waals surface area contributed by atoms with Crippen molar-refractivity contribution in [3.8, 4) is 11.8 Å². The summed E-state index contributed by atoms with van der Waals surface area (Å²) in [5, 5.41) is 8.83. The maximum atomic E-state index is 8.83. The standard InChI is InChI=1S/C9H7ClINO/c1-13-9-3-7(11)2-6(5-12)8(9)4-10/h2-3H,4H2,1H3. The highest BCUT2D eigenvalue weighted by molar-refractivity contribution is 14.1. The Kier molecular flexibility index (Phi) is 3.82. The number of nitrogens with zero attached hydrogens (tertiary/aromatic N) is 1. The van der Waals surface area contributed by atoms with E-state index in [4.69, 9.17) is 21.6 Å². The highest BCUT2D eigenvalue weighted by atomic mass is 127. The van der Waals surface area contributed by atoms with Crippen LogP contribution in [0, 0.1) is 14.9 Å². The number of benzene rings is 1.